The Morgan fingerprint density at radius 3 is 3.00 bits per heavy atom. The third kappa shape index (κ3) is 2.98. The molecule has 1 aromatic carbocycles. The molecular formula is C13H15FN2OS. The zero-order valence-electron chi connectivity index (χ0n) is 10.3. The molecule has 0 fully saturated rings. The fourth-order valence-corrected chi connectivity index (χ4v) is 2.26. The summed E-state index contributed by atoms with van der Waals surface area (Å²) < 4.78 is 18.6. The topological polar surface area (TPSA) is 34.1 Å². The van der Waals surface area contributed by atoms with Gasteiger partial charge in [-0.05, 0) is 26.0 Å². The number of anilines is 1. The van der Waals surface area contributed by atoms with Crippen molar-refractivity contribution in [3.8, 4) is 5.75 Å². The lowest BCUT2D eigenvalue weighted by atomic mass is 10.2. The lowest BCUT2D eigenvalue weighted by Gasteiger charge is -2.16. The molecule has 96 valence electrons. The van der Waals surface area contributed by atoms with Crippen LogP contribution in [0.2, 0.25) is 0 Å². The summed E-state index contributed by atoms with van der Waals surface area (Å²) in [6.07, 6.45) is 1.83. The maximum atomic E-state index is 13.2. The summed E-state index contributed by atoms with van der Waals surface area (Å²) in [7, 11) is 0. The van der Waals surface area contributed by atoms with E-state index in [0.29, 0.717) is 12.4 Å². The van der Waals surface area contributed by atoms with Crippen LogP contribution in [0, 0.1) is 5.82 Å². The summed E-state index contributed by atoms with van der Waals surface area (Å²) >= 11 is 1.58. The number of thiazole rings is 1. The maximum Gasteiger partial charge on any atom is 0.145 e. The molecule has 0 aliphatic heterocycles. The molecule has 0 aliphatic carbocycles. The van der Waals surface area contributed by atoms with Crippen molar-refractivity contribution in [1.29, 1.82) is 0 Å². The molecule has 1 unspecified atom stereocenters. The van der Waals surface area contributed by atoms with Crippen molar-refractivity contribution in [3.05, 3.63) is 40.6 Å². The number of nitrogens with zero attached hydrogens (tertiary/aromatic N) is 1. The first-order chi connectivity index (χ1) is 8.70. The zero-order valence-corrected chi connectivity index (χ0v) is 11.1. The van der Waals surface area contributed by atoms with E-state index in [2.05, 4.69) is 10.3 Å². The molecule has 0 radical (unpaired) electrons. The minimum atomic E-state index is -0.297. The molecule has 2 aromatic rings. The molecule has 1 heterocycles. The molecule has 0 saturated heterocycles. The van der Waals surface area contributed by atoms with Crippen molar-refractivity contribution < 1.29 is 9.13 Å². The molecule has 1 atom stereocenters. The first-order valence-electron chi connectivity index (χ1n) is 5.78. The Morgan fingerprint density at radius 1 is 1.50 bits per heavy atom. The van der Waals surface area contributed by atoms with Gasteiger partial charge in [-0.15, -0.1) is 11.3 Å². The maximum absolute atomic E-state index is 13.2. The highest BCUT2D eigenvalue weighted by Gasteiger charge is 2.11. The van der Waals surface area contributed by atoms with E-state index in [1.54, 1.807) is 22.9 Å². The van der Waals surface area contributed by atoms with E-state index in [1.807, 2.05) is 20.0 Å². The van der Waals surface area contributed by atoms with Gasteiger partial charge in [0, 0.05) is 17.1 Å². The zero-order chi connectivity index (χ0) is 13.0. The lowest BCUT2D eigenvalue weighted by Crippen LogP contribution is -2.07. The quantitative estimate of drug-likeness (QED) is 0.892. The van der Waals surface area contributed by atoms with E-state index in [-0.39, 0.29) is 11.9 Å². The van der Waals surface area contributed by atoms with Crippen LogP contribution >= 0.6 is 11.3 Å². The van der Waals surface area contributed by atoms with E-state index in [9.17, 15) is 4.39 Å². The SMILES string of the molecule is CCOc1cc(F)ccc1NC(C)c1cncs1. The fourth-order valence-electron chi connectivity index (χ4n) is 1.63. The number of hydrogen-bond donors (Lipinski definition) is 1. The number of benzene rings is 1. The first-order valence-corrected chi connectivity index (χ1v) is 6.66. The van der Waals surface area contributed by atoms with Gasteiger partial charge in [0.05, 0.1) is 23.8 Å². The smallest absolute Gasteiger partial charge is 0.145 e. The molecule has 0 saturated carbocycles. The van der Waals surface area contributed by atoms with E-state index < -0.39 is 0 Å². The van der Waals surface area contributed by atoms with Gasteiger partial charge in [-0.2, -0.15) is 0 Å². The Kier molecular flexibility index (Phi) is 4.15. The van der Waals surface area contributed by atoms with Crippen molar-refractivity contribution in [2.24, 2.45) is 0 Å². The number of ether oxygens (including phenoxy) is 1. The van der Waals surface area contributed by atoms with Crippen LogP contribution in [0.25, 0.3) is 0 Å². The Balaban J connectivity index is 2.17. The van der Waals surface area contributed by atoms with Crippen LogP contribution in [0.1, 0.15) is 24.8 Å². The van der Waals surface area contributed by atoms with Crippen molar-refractivity contribution in [2.75, 3.05) is 11.9 Å². The van der Waals surface area contributed by atoms with Gasteiger partial charge in [0.25, 0.3) is 0 Å². The second-order valence-corrected chi connectivity index (χ2v) is 4.76. The van der Waals surface area contributed by atoms with Crippen LogP contribution in [0.15, 0.2) is 29.9 Å². The molecule has 0 bridgehead atoms. The number of nitrogens with one attached hydrogen (secondary N) is 1. The van der Waals surface area contributed by atoms with Gasteiger partial charge in [0.1, 0.15) is 11.6 Å². The predicted octanol–water partition coefficient (Wildman–Crippen LogP) is 3.85. The number of aromatic nitrogens is 1. The second-order valence-electron chi connectivity index (χ2n) is 3.84. The average Bonchev–Trinajstić information content (AvgIpc) is 2.86. The van der Waals surface area contributed by atoms with E-state index in [0.717, 1.165) is 10.6 Å². The van der Waals surface area contributed by atoms with Crippen LogP contribution in [0.5, 0.6) is 5.75 Å². The normalized spacial score (nSPS) is 12.2. The van der Waals surface area contributed by atoms with Crippen molar-refractivity contribution in [1.82, 2.24) is 4.98 Å². The summed E-state index contributed by atoms with van der Waals surface area (Å²) in [5.74, 6) is 0.239. The molecule has 1 N–H and O–H groups in total. The van der Waals surface area contributed by atoms with E-state index in [1.165, 1.54) is 12.1 Å². The van der Waals surface area contributed by atoms with Gasteiger partial charge in [0.2, 0.25) is 0 Å². The number of rotatable bonds is 5. The molecule has 0 spiro atoms. The third-order valence-electron chi connectivity index (χ3n) is 2.49. The molecular weight excluding hydrogens is 251 g/mol. The minimum Gasteiger partial charge on any atom is -0.492 e. The van der Waals surface area contributed by atoms with Gasteiger partial charge < -0.3 is 10.1 Å². The van der Waals surface area contributed by atoms with Crippen LogP contribution in [-0.4, -0.2) is 11.6 Å². The summed E-state index contributed by atoms with van der Waals surface area (Å²) in [5, 5.41) is 3.30. The number of hydrogen-bond acceptors (Lipinski definition) is 4. The summed E-state index contributed by atoms with van der Waals surface area (Å²) in [6, 6.07) is 4.62. The Labute approximate surface area is 110 Å². The summed E-state index contributed by atoms with van der Waals surface area (Å²) in [4.78, 5) is 5.17. The van der Waals surface area contributed by atoms with Crippen LogP contribution in [-0.2, 0) is 0 Å². The standard InChI is InChI=1S/C13H15FN2OS/c1-3-17-12-6-10(14)4-5-11(12)16-9(2)13-7-15-8-18-13/h4-9,16H,3H2,1-2H3. The second kappa shape index (κ2) is 5.82. The van der Waals surface area contributed by atoms with E-state index in [4.69, 9.17) is 4.74 Å². The molecule has 18 heavy (non-hydrogen) atoms. The Morgan fingerprint density at radius 2 is 2.33 bits per heavy atom. The molecule has 0 aliphatic rings. The van der Waals surface area contributed by atoms with Crippen LogP contribution < -0.4 is 10.1 Å². The molecule has 1 aromatic heterocycles. The predicted molar refractivity (Wildman–Crippen MR) is 71.7 cm³/mol. The van der Waals surface area contributed by atoms with Gasteiger partial charge in [-0.1, -0.05) is 0 Å². The van der Waals surface area contributed by atoms with Gasteiger partial charge >= 0.3 is 0 Å². The fraction of sp³-hybridized carbons (Fsp3) is 0.308. The third-order valence-corrected chi connectivity index (χ3v) is 3.45. The lowest BCUT2D eigenvalue weighted by molar-refractivity contribution is 0.339. The first kappa shape index (κ1) is 12.8. The van der Waals surface area contributed by atoms with Gasteiger partial charge in [-0.25, -0.2) is 4.39 Å². The monoisotopic (exact) mass is 266 g/mol. The summed E-state index contributed by atoms with van der Waals surface area (Å²) in [5.41, 5.74) is 2.58. The van der Waals surface area contributed by atoms with Crippen LogP contribution in [0.3, 0.4) is 0 Å². The number of halogens is 1. The largest absolute Gasteiger partial charge is 0.492 e. The van der Waals surface area contributed by atoms with Gasteiger partial charge in [0.15, 0.2) is 0 Å². The van der Waals surface area contributed by atoms with E-state index >= 15 is 0 Å². The Bertz CT molecular complexity index is 502. The highest BCUT2D eigenvalue weighted by Crippen LogP contribution is 2.30. The summed E-state index contributed by atoms with van der Waals surface area (Å²) in [6.45, 7) is 4.42. The minimum absolute atomic E-state index is 0.113. The van der Waals surface area contributed by atoms with Gasteiger partial charge in [-0.3, -0.25) is 4.98 Å². The highest BCUT2D eigenvalue weighted by molar-refractivity contribution is 7.09. The molecule has 0 amide bonds. The highest BCUT2D eigenvalue weighted by atomic mass is 32.1. The van der Waals surface area contributed by atoms with Crippen molar-refractivity contribution in [3.63, 3.8) is 0 Å². The van der Waals surface area contributed by atoms with Crippen LogP contribution in [0.4, 0.5) is 10.1 Å². The average molecular weight is 266 g/mol. The Hall–Kier alpha value is -1.62. The van der Waals surface area contributed by atoms with Crippen molar-refractivity contribution >= 4 is 17.0 Å². The molecule has 2 rings (SSSR count). The molecule has 3 nitrogen and oxygen atoms in total. The molecule has 5 heteroatoms. The van der Waals surface area contributed by atoms with Crippen molar-refractivity contribution in [2.45, 2.75) is 19.9 Å².